The first-order valence-corrected chi connectivity index (χ1v) is 23.6. The van der Waals surface area contributed by atoms with E-state index in [1.165, 1.54) is 11.3 Å². The van der Waals surface area contributed by atoms with Crippen LogP contribution in [0.2, 0.25) is 0 Å². The summed E-state index contributed by atoms with van der Waals surface area (Å²) in [4.78, 5) is 70.9. The number of rotatable bonds is 11. The van der Waals surface area contributed by atoms with Crippen LogP contribution in [0.3, 0.4) is 0 Å². The molecule has 4 N–H and O–H groups in total. The number of amides is 4. The Morgan fingerprint density at radius 2 is 1.49 bits per heavy atom. The van der Waals surface area contributed by atoms with Crippen molar-refractivity contribution in [1.82, 2.24) is 15.2 Å². The van der Waals surface area contributed by atoms with Gasteiger partial charge in [0.1, 0.15) is 29.9 Å². The fourth-order valence-corrected chi connectivity index (χ4v) is 11.2. The maximum atomic E-state index is 16.6. The first kappa shape index (κ1) is 45.1. The fourth-order valence-electron chi connectivity index (χ4n) is 10.3. The van der Waals surface area contributed by atoms with Gasteiger partial charge in [-0.25, -0.2) is 14.7 Å². The number of ether oxygens (including phenoxy) is 2. The number of carbonyl (C=O) groups excluding carboxylic acids is 4. The fraction of sp³-hybridized carbons (Fsp3) is 0.218. The molecule has 4 heterocycles. The minimum absolute atomic E-state index is 0.0348. The van der Waals surface area contributed by atoms with Crippen molar-refractivity contribution in [3.63, 3.8) is 0 Å². The predicted molar refractivity (Wildman–Crippen MR) is 261 cm³/mol. The highest BCUT2D eigenvalue weighted by Gasteiger charge is 2.75. The minimum Gasteiger partial charge on any atom is -0.491 e. The van der Waals surface area contributed by atoms with Gasteiger partial charge in [-0.2, -0.15) is 0 Å². The number of urea groups is 1. The van der Waals surface area contributed by atoms with Crippen molar-refractivity contribution in [3.8, 4) is 17.6 Å². The molecule has 3 aliphatic heterocycles. The Morgan fingerprint density at radius 1 is 0.812 bits per heavy atom. The zero-order chi connectivity index (χ0) is 47.6. The summed E-state index contributed by atoms with van der Waals surface area (Å²) in [6.45, 7) is 1.46. The molecule has 0 aliphatic carbocycles. The number of morpholine rings is 1. The van der Waals surface area contributed by atoms with Crippen LogP contribution in [-0.2, 0) is 24.5 Å². The highest BCUT2D eigenvalue weighted by Crippen LogP contribution is 2.66. The number of nitrogens with zero attached hydrogens (tertiary/aromatic N) is 3. The molecule has 7 aromatic rings. The molecular weight excluding hydrogens is 891 g/mol. The van der Waals surface area contributed by atoms with Gasteiger partial charge in [-0.1, -0.05) is 138 Å². The van der Waals surface area contributed by atoms with Crippen molar-refractivity contribution in [3.05, 3.63) is 191 Å². The van der Waals surface area contributed by atoms with E-state index < -0.39 is 65.4 Å². The van der Waals surface area contributed by atoms with Gasteiger partial charge in [-0.15, -0.1) is 0 Å². The molecule has 3 aliphatic rings. The molecule has 2 fully saturated rings. The third-order valence-electron chi connectivity index (χ3n) is 13.1. The minimum atomic E-state index is -2.05. The summed E-state index contributed by atoms with van der Waals surface area (Å²) >= 11 is 1.25. The molecule has 0 radical (unpaired) electrons. The monoisotopic (exact) mass is 937 g/mol. The van der Waals surface area contributed by atoms with Crippen LogP contribution in [0.4, 0.5) is 15.6 Å². The number of aromatic nitrogens is 1. The smallest absolute Gasteiger partial charge is 0.329 e. The number of carbonyl (C=O) groups is 4. The van der Waals surface area contributed by atoms with E-state index in [1.807, 2.05) is 127 Å². The standard InChI is InChI=1S/C55H47N5O8S/c1-34(36-16-5-2-6-17-36)56-54(66)59-43-29-24-35(15-13-14-30-61)33-41(43)55(52(59)65)45(50(63)58-53-57-42-22-11-12-23-44(42)69-53)47-51(64)68-48(38-20-9-4-10-21-38)46(37-18-7-3-8-19-37)60(47)49(55)39-25-27-40(28-26-39)67-32-31-62/h2-12,16-29,33-34,45-49,61-62H,14,30-32H2,1H3,(H,56,66)(H,57,58,63)/t34-,45-,46-,47-,48+,49+,55-/m1/s1. The van der Waals surface area contributed by atoms with E-state index in [0.29, 0.717) is 33.5 Å². The quantitative estimate of drug-likeness (QED) is 0.0733. The van der Waals surface area contributed by atoms with Crippen molar-refractivity contribution in [1.29, 1.82) is 0 Å². The van der Waals surface area contributed by atoms with Crippen LogP contribution >= 0.6 is 11.3 Å². The Balaban J connectivity index is 1.26. The van der Waals surface area contributed by atoms with Gasteiger partial charge in [0.25, 0.3) is 0 Å². The average Bonchev–Trinajstić information content (AvgIpc) is 4.02. The first-order chi connectivity index (χ1) is 33.7. The largest absolute Gasteiger partial charge is 0.491 e. The lowest BCUT2D eigenvalue weighted by Gasteiger charge is -2.46. The lowest BCUT2D eigenvalue weighted by atomic mass is 9.65. The SMILES string of the molecule is C[C@@H](NC(=O)N1C(=O)[C@@]2(c3cc(C#CCCO)ccc31)[C@H](c1ccc(OCCO)cc1)N1[C@H](c3ccccc3)[C@H](c3ccccc3)OC(=O)[C@H]1[C@@H]2C(=O)Nc1nc2ccccc2s1)c1ccccc1. The number of hydrogen-bond donors (Lipinski definition) is 4. The molecule has 69 heavy (non-hydrogen) atoms. The van der Waals surface area contributed by atoms with Crippen molar-refractivity contribution >= 4 is 56.2 Å². The van der Waals surface area contributed by atoms with E-state index >= 15 is 19.2 Å². The normalized spacial score (nSPS) is 22.0. The average molecular weight is 938 g/mol. The second-order valence-corrected chi connectivity index (χ2v) is 18.1. The Hall–Kier alpha value is -7.67. The molecule has 13 nitrogen and oxygen atoms in total. The molecule has 346 valence electrons. The van der Waals surface area contributed by atoms with E-state index in [0.717, 1.165) is 20.7 Å². The van der Waals surface area contributed by atoms with E-state index in [1.54, 1.807) is 42.5 Å². The van der Waals surface area contributed by atoms with Crippen LogP contribution in [0.1, 0.15) is 71.0 Å². The molecule has 0 saturated carbocycles. The number of para-hydroxylation sites is 1. The number of aliphatic hydroxyl groups excluding tert-OH is 2. The number of thiazole rings is 1. The zero-order valence-corrected chi connectivity index (χ0v) is 38.2. The number of benzene rings is 6. The Labute approximate surface area is 402 Å². The van der Waals surface area contributed by atoms with Crippen molar-refractivity contribution < 1.29 is 38.9 Å². The number of esters is 1. The molecule has 1 aromatic heterocycles. The lowest BCUT2D eigenvalue weighted by molar-refractivity contribution is -0.177. The Kier molecular flexibility index (Phi) is 12.5. The third kappa shape index (κ3) is 8.09. The van der Waals surface area contributed by atoms with Crippen LogP contribution in [0.5, 0.6) is 5.75 Å². The molecular formula is C55H47N5O8S. The maximum Gasteiger partial charge on any atom is 0.329 e. The van der Waals surface area contributed by atoms with Crippen molar-refractivity contribution in [2.45, 2.75) is 49.0 Å². The van der Waals surface area contributed by atoms with Gasteiger partial charge in [-0.05, 0) is 77.2 Å². The van der Waals surface area contributed by atoms with E-state index in [9.17, 15) is 10.2 Å². The number of nitrogens with one attached hydrogen (secondary N) is 2. The summed E-state index contributed by atoms with van der Waals surface area (Å²) < 4.78 is 13.2. The maximum absolute atomic E-state index is 16.6. The molecule has 10 rings (SSSR count). The first-order valence-electron chi connectivity index (χ1n) is 22.7. The summed E-state index contributed by atoms with van der Waals surface area (Å²) in [5.74, 6) is 2.82. The molecule has 0 unspecified atom stereocenters. The van der Waals surface area contributed by atoms with Gasteiger partial charge in [-0.3, -0.25) is 19.3 Å². The lowest BCUT2D eigenvalue weighted by Crippen LogP contribution is -2.55. The summed E-state index contributed by atoms with van der Waals surface area (Å²) in [5, 5.41) is 25.7. The topological polar surface area (TPSA) is 171 Å². The van der Waals surface area contributed by atoms with E-state index in [2.05, 4.69) is 22.5 Å². The van der Waals surface area contributed by atoms with Crippen LogP contribution in [0.15, 0.2) is 158 Å². The van der Waals surface area contributed by atoms with Crippen molar-refractivity contribution in [2.75, 3.05) is 30.0 Å². The number of anilines is 2. The van der Waals surface area contributed by atoms with Gasteiger partial charge in [0.15, 0.2) is 5.13 Å². The number of fused-ring (bicyclic) bond motifs is 4. The van der Waals surface area contributed by atoms with Crippen LogP contribution < -0.4 is 20.3 Å². The summed E-state index contributed by atoms with van der Waals surface area (Å²) in [7, 11) is 0. The van der Waals surface area contributed by atoms with Crippen LogP contribution in [0.25, 0.3) is 10.2 Å². The highest BCUT2D eigenvalue weighted by atomic mass is 32.1. The third-order valence-corrected chi connectivity index (χ3v) is 14.1. The zero-order valence-electron chi connectivity index (χ0n) is 37.4. The molecule has 4 amide bonds. The molecule has 2 saturated heterocycles. The number of cyclic esters (lactones) is 1. The number of aliphatic hydroxyl groups is 2. The van der Waals surface area contributed by atoms with Crippen LogP contribution in [-0.4, -0.2) is 69.8 Å². The van der Waals surface area contributed by atoms with Gasteiger partial charge in [0.05, 0.1) is 53.2 Å². The van der Waals surface area contributed by atoms with Crippen LogP contribution in [0, 0.1) is 17.8 Å². The Bertz CT molecular complexity index is 3070. The summed E-state index contributed by atoms with van der Waals surface area (Å²) in [6.07, 6.45) is -0.748. The van der Waals surface area contributed by atoms with Gasteiger partial charge < -0.3 is 30.3 Å². The predicted octanol–water partition coefficient (Wildman–Crippen LogP) is 8.18. The van der Waals surface area contributed by atoms with Gasteiger partial charge >= 0.3 is 12.0 Å². The number of hydrogen-bond acceptors (Lipinski definition) is 11. The second kappa shape index (κ2) is 19.1. The van der Waals surface area contributed by atoms with Gasteiger partial charge in [0.2, 0.25) is 11.8 Å². The van der Waals surface area contributed by atoms with E-state index in [-0.39, 0.29) is 37.1 Å². The summed E-state index contributed by atoms with van der Waals surface area (Å²) in [5.41, 5.74) is 2.34. The second-order valence-electron chi connectivity index (χ2n) is 17.1. The molecule has 7 atom stereocenters. The van der Waals surface area contributed by atoms with Gasteiger partial charge in [0, 0.05) is 12.0 Å². The number of imide groups is 1. The van der Waals surface area contributed by atoms with Crippen molar-refractivity contribution in [2.24, 2.45) is 5.92 Å². The van der Waals surface area contributed by atoms with E-state index in [4.69, 9.17) is 14.5 Å². The Morgan fingerprint density at radius 3 is 2.19 bits per heavy atom. The molecule has 0 bridgehead atoms. The molecule has 14 heteroatoms. The molecule has 6 aromatic carbocycles. The highest BCUT2D eigenvalue weighted by molar-refractivity contribution is 7.22. The summed E-state index contributed by atoms with van der Waals surface area (Å²) in [6, 6.07) is 43.2. The molecule has 1 spiro atoms.